The molecule has 6 heteroatoms. The van der Waals surface area contributed by atoms with Gasteiger partial charge in [-0.3, -0.25) is 4.79 Å². The van der Waals surface area contributed by atoms with E-state index in [1.807, 2.05) is 19.2 Å². The number of ether oxygens (including phenoxy) is 2. The number of carbonyl (C=O) groups excluding carboxylic acids is 1. The Morgan fingerprint density at radius 1 is 1.50 bits per heavy atom. The van der Waals surface area contributed by atoms with E-state index in [0.29, 0.717) is 23.8 Å². The highest BCUT2D eigenvalue weighted by Gasteiger charge is 2.17. The van der Waals surface area contributed by atoms with Crippen molar-refractivity contribution in [2.24, 2.45) is 11.7 Å². The molecule has 0 saturated carbocycles. The van der Waals surface area contributed by atoms with E-state index < -0.39 is 5.91 Å². The minimum absolute atomic E-state index is 0.405. The van der Waals surface area contributed by atoms with Gasteiger partial charge in [-0.25, -0.2) is 4.98 Å². The molecule has 1 amide bonds. The second-order valence-corrected chi connectivity index (χ2v) is 6.66. The number of aryl methyl sites for hydroxylation is 1. The Kier molecular flexibility index (Phi) is 4.40. The summed E-state index contributed by atoms with van der Waals surface area (Å²) in [6.07, 6.45) is 2.82. The molecule has 1 aromatic heterocycles. The Morgan fingerprint density at radius 3 is 3.00 bits per heavy atom. The van der Waals surface area contributed by atoms with Crippen LogP contribution in [0, 0.1) is 12.8 Å². The number of hydrogen-bond donors (Lipinski definition) is 1. The lowest BCUT2D eigenvalue weighted by Gasteiger charge is -2.12. The summed E-state index contributed by atoms with van der Waals surface area (Å²) in [7, 11) is 0. The molecule has 0 spiro atoms. The fraction of sp³-hybridized carbons (Fsp3) is 0.375. The second-order valence-electron chi connectivity index (χ2n) is 5.43. The molecule has 0 unspecified atom stereocenters. The van der Waals surface area contributed by atoms with Crippen molar-refractivity contribution in [3.63, 3.8) is 0 Å². The van der Waals surface area contributed by atoms with Crippen molar-refractivity contribution in [3.8, 4) is 16.3 Å². The van der Waals surface area contributed by atoms with E-state index in [4.69, 9.17) is 15.2 Å². The highest BCUT2D eigenvalue weighted by molar-refractivity contribution is 7.14. The zero-order valence-corrected chi connectivity index (χ0v) is 13.2. The quantitative estimate of drug-likeness (QED) is 0.919. The molecule has 1 fully saturated rings. The van der Waals surface area contributed by atoms with Crippen LogP contribution in [-0.2, 0) is 4.74 Å². The van der Waals surface area contributed by atoms with Gasteiger partial charge < -0.3 is 15.2 Å². The third-order valence-corrected chi connectivity index (χ3v) is 4.53. The molecular weight excluding hydrogens is 300 g/mol. The first-order valence-corrected chi connectivity index (χ1v) is 8.01. The highest BCUT2D eigenvalue weighted by Crippen LogP contribution is 2.29. The van der Waals surface area contributed by atoms with Gasteiger partial charge in [0.2, 0.25) is 5.91 Å². The molecule has 2 aromatic rings. The number of aromatic nitrogens is 1. The maximum absolute atomic E-state index is 11.5. The lowest BCUT2D eigenvalue weighted by Crippen LogP contribution is -2.14. The first kappa shape index (κ1) is 15.0. The average Bonchev–Trinajstić information content (AvgIpc) is 3.16. The lowest BCUT2D eigenvalue weighted by molar-refractivity contribution is 0.0999. The summed E-state index contributed by atoms with van der Waals surface area (Å²) in [5, 5.41) is 0.856. The van der Waals surface area contributed by atoms with Gasteiger partial charge in [-0.2, -0.15) is 0 Å². The number of amides is 1. The van der Waals surface area contributed by atoms with E-state index in [1.165, 1.54) is 0 Å². The van der Waals surface area contributed by atoms with Gasteiger partial charge in [0.1, 0.15) is 10.8 Å². The lowest BCUT2D eigenvalue weighted by atomic mass is 10.1. The smallest absolute Gasteiger partial charge is 0.248 e. The van der Waals surface area contributed by atoms with E-state index >= 15 is 0 Å². The van der Waals surface area contributed by atoms with E-state index in [0.717, 1.165) is 35.1 Å². The summed E-state index contributed by atoms with van der Waals surface area (Å²) in [4.78, 5) is 17.0. The maximum atomic E-state index is 11.5. The molecule has 22 heavy (non-hydrogen) atoms. The number of carbonyl (C=O) groups is 1. The molecule has 5 nitrogen and oxygen atoms in total. The number of rotatable bonds is 5. The molecule has 116 valence electrons. The van der Waals surface area contributed by atoms with Gasteiger partial charge in [0, 0.05) is 34.7 Å². The summed E-state index contributed by atoms with van der Waals surface area (Å²) in [6.45, 7) is 4.10. The molecule has 1 aromatic carbocycles. The Bertz CT molecular complexity index is 678. The van der Waals surface area contributed by atoms with E-state index in [9.17, 15) is 4.79 Å². The van der Waals surface area contributed by atoms with Crippen LogP contribution in [-0.4, -0.2) is 30.7 Å². The van der Waals surface area contributed by atoms with Crippen molar-refractivity contribution in [1.29, 1.82) is 0 Å². The molecular formula is C16H18N2O3S. The molecule has 1 aliphatic heterocycles. The maximum Gasteiger partial charge on any atom is 0.248 e. The first-order chi connectivity index (χ1) is 10.6. The van der Waals surface area contributed by atoms with Crippen LogP contribution in [0.15, 0.2) is 24.4 Å². The predicted octanol–water partition coefficient (Wildman–Crippen LogP) is 2.63. The first-order valence-electron chi connectivity index (χ1n) is 7.20. The summed E-state index contributed by atoms with van der Waals surface area (Å²) < 4.78 is 11.2. The largest absolute Gasteiger partial charge is 0.493 e. The van der Waals surface area contributed by atoms with Crippen molar-refractivity contribution in [1.82, 2.24) is 4.98 Å². The van der Waals surface area contributed by atoms with Gasteiger partial charge in [-0.1, -0.05) is 0 Å². The predicted molar refractivity (Wildman–Crippen MR) is 85.2 cm³/mol. The number of nitrogens with zero attached hydrogens (tertiary/aromatic N) is 1. The average molecular weight is 318 g/mol. The third-order valence-electron chi connectivity index (χ3n) is 3.57. The van der Waals surface area contributed by atoms with Crippen molar-refractivity contribution < 1.29 is 14.3 Å². The van der Waals surface area contributed by atoms with Crippen LogP contribution in [0.3, 0.4) is 0 Å². The molecule has 1 aliphatic rings. The molecule has 0 bridgehead atoms. The SMILES string of the molecule is Cc1cnc(-c2cc(OC[C@H]3CCOC3)cc(C(N)=O)c2)s1. The fourth-order valence-electron chi connectivity index (χ4n) is 2.37. The van der Waals surface area contributed by atoms with Gasteiger partial charge in [0.05, 0.1) is 13.2 Å². The third kappa shape index (κ3) is 3.45. The highest BCUT2D eigenvalue weighted by atomic mass is 32.1. The van der Waals surface area contributed by atoms with E-state index in [2.05, 4.69) is 4.98 Å². The summed E-state index contributed by atoms with van der Waals surface area (Å²) >= 11 is 1.57. The van der Waals surface area contributed by atoms with Gasteiger partial charge >= 0.3 is 0 Å². The van der Waals surface area contributed by atoms with Crippen LogP contribution < -0.4 is 10.5 Å². The second kappa shape index (κ2) is 6.46. The van der Waals surface area contributed by atoms with Gasteiger partial charge in [-0.15, -0.1) is 11.3 Å². The number of benzene rings is 1. The van der Waals surface area contributed by atoms with Crippen molar-refractivity contribution in [3.05, 3.63) is 34.8 Å². The number of hydrogen-bond acceptors (Lipinski definition) is 5. The zero-order valence-electron chi connectivity index (χ0n) is 12.4. The van der Waals surface area contributed by atoms with Crippen LogP contribution >= 0.6 is 11.3 Å². The number of primary amides is 1. The zero-order chi connectivity index (χ0) is 15.5. The number of nitrogens with two attached hydrogens (primary N) is 1. The monoisotopic (exact) mass is 318 g/mol. The van der Waals surface area contributed by atoms with Crippen molar-refractivity contribution in [2.45, 2.75) is 13.3 Å². The van der Waals surface area contributed by atoms with Crippen LogP contribution in [0.2, 0.25) is 0 Å². The van der Waals surface area contributed by atoms with Crippen LogP contribution in [0.4, 0.5) is 0 Å². The Morgan fingerprint density at radius 2 is 2.36 bits per heavy atom. The molecule has 0 aliphatic carbocycles. The van der Waals surface area contributed by atoms with Gasteiger partial charge in [0.15, 0.2) is 0 Å². The van der Waals surface area contributed by atoms with Gasteiger partial charge in [0.25, 0.3) is 0 Å². The Hall–Kier alpha value is -1.92. The Labute approximate surface area is 133 Å². The molecule has 3 rings (SSSR count). The van der Waals surface area contributed by atoms with Crippen LogP contribution in [0.5, 0.6) is 5.75 Å². The molecule has 1 saturated heterocycles. The van der Waals surface area contributed by atoms with E-state index in [1.54, 1.807) is 23.5 Å². The minimum atomic E-state index is -0.468. The standard InChI is InChI=1S/C16H18N2O3S/c1-10-7-18-16(22-10)13-4-12(15(17)19)5-14(6-13)21-9-11-2-3-20-8-11/h4-7,11H,2-3,8-9H2,1H3,(H2,17,19)/t11-/m0/s1. The topological polar surface area (TPSA) is 74.4 Å². The van der Waals surface area contributed by atoms with Crippen molar-refractivity contribution >= 4 is 17.2 Å². The number of thiazole rings is 1. The summed E-state index contributed by atoms with van der Waals surface area (Å²) in [5.74, 6) is 0.582. The van der Waals surface area contributed by atoms with E-state index in [-0.39, 0.29) is 0 Å². The van der Waals surface area contributed by atoms with Gasteiger partial charge in [-0.05, 0) is 31.5 Å². The molecule has 2 N–H and O–H groups in total. The summed E-state index contributed by atoms with van der Waals surface area (Å²) in [5.41, 5.74) is 6.71. The summed E-state index contributed by atoms with van der Waals surface area (Å²) in [6, 6.07) is 5.34. The van der Waals surface area contributed by atoms with Crippen molar-refractivity contribution in [2.75, 3.05) is 19.8 Å². The van der Waals surface area contributed by atoms with Crippen LogP contribution in [0.25, 0.3) is 10.6 Å². The van der Waals surface area contributed by atoms with Crippen LogP contribution in [0.1, 0.15) is 21.7 Å². The normalized spacial score (nSPS) is 17.6. The minimum Gasteiger partial charge on any atom is -0.493 e. The Balaban J connectivity index is 1.84. The fourth-order valence-corrected chi connectivity index (χ4v) is 3.12. The molecule has 0 radical (unpaired) electrons. The molecule has 2 heterocycles. The molecule has 1 atom stereocenters.